The summed E-state index contributed by atoms with van der Waals surface area (Å²) < 4.78 is 0. The maximum absolute atomic E-state index is 5.67. The third-order valence-corrected chi connectivity index (χ3v) is 2.82. The van der Waals surface area contributed by atoms with Crippen molar-refractivity contribution in [2.45, 2.75) is 25.9 Å². The highest BCUT2D eigenvalue weighted by Crippen LogP contribution is 2.14. The summed E-state index contributed by atoms with van der Waals surface area (Å²) in [7, 11) is 0. The van der Waals surface area contributed by atoms with Crippen LogP contribution in [0.15, 0.2) is 18.5 Å². The smallest absolute Gasteiger partial charge is 0.0316 e. The number of likely N-dealkylation sites (tertiary alicyclic amines) is 1. The molecule has 1 aromatic rings. The van der Waals surface area contributed by atoms with Crippen LogP contribution in [0.4, 0.5) is 0 Å². The van der Waals surface area contributed by atoms with E-state index in [1.54, 1.807) is 0 Å². The zero-order valence-corrected chi connectivity index (χ0v) is 8.45. The fourth-order valence-electron chi connectivity index (χ4n) is 1.98. The molecule has 0 spiro atoms. The molecule has 3 heteroatoms. The van der Waals surface area contributed by atoms with Crippen LogP contribution in [0.1, 0.15) is 24.0 Å². The Hall–Kier alpha value is -0.930. The lowest BCUT2D eigenvalue weighted by molar-refractivity contribution is 0.330. The Morgan fingerprint density at radius 3 is 2.79 bits per heavy atom. The Morgan fingerprint density at radius 1 is 1.29 bits per heavy atom. The lowest BCUT2D eigenvalue weighted by Crippen LogP contribution is -2.19. The minimum Gasteiger partial charge on any atom is -0.326 e. The summed E-state index contributed by atoms with van der Waals surface area (Å²) in [5.41, 5.74) is 8.18. The molecule has 1 aliphatic heterocycles. The molecular formula is C11H17N3. The molecule has 0 saturated carbocycles. The number of nitrogens with two attached hydrogens (primary N) is 1. The van der Waals surface area contributed by atoms with Crippen LogP contribution >= 0.6 is 0 Å². The summed E-state index contributed by atoms with van der Waals surface area (Å²) in [6.07, 6.45) is 6.40. The number of pyridine rings is 1. The van der Waals surface area contributed by atoms with Crippen molar-refractivity contribution in [2.24, 2.45) is 5.73 Å². The van der Waals surface area contributed by atoms with Gasteiger partial charge in [-0.05, 0) is 43.1 Å². The first-order valence-corrected chi connectivity index (χ1v) is 5.24. The van der Waals surface area contributed by atoms with Crippen molar-refractivity contribution < 1.29 is 0 Å². The summed E-state index contributed by atoms with van der Waals surface area (Å²) >= 11 is 0. The number of aromatic nitrogens is 1. The maximum atomic E-state index is 5.67. The van der Waals surface area contributed by atoms with E-state index in [1.165, 1.54) is 37.1 Å². The van der Waals surface area contributed by atoms with Crippen LogP contribution in [0.5, 0.6) is 0 Å². The van der Waals surface area contributed by atoms with Crippen LogP contribution in [-0.4, -0.2) is 23.0 Å². The monoisotopic (exact) mass is 191 g/mol. The summed E-state index contributed by atoms with van der Waals surface area (Å²) in [4.78, 5) is 6.57. The molecule has 0 aromatic carbocycles. The van der Waals surface area contributed by atoms with Gasteiger partial charge in [0.15, 0.2) is 0 Å². The Morgan fingerprint density at radius 2 is 2.07 bits per heavy atom. The van der Waals surface area contributed by atoms with E-state index in [-0.39, 0.29) is 0 Å². The molecule has 2 rings (SSSR count). The molecule has 0 radical (unpaired) electrons. The van der Waals surface area contributed by atoms with E-state index in [4.69, 9.17) is 5.73 Å². The number of hydrogen-bond acceptors (Lipinski definition) is 3. The van der Waals surface area contributed by atoms with Gasteiger partial charge in [-0.2, -0.15) is 0 Å². The van der Waals surface area contributed by atoms with Gasteiger partial charge in [0, 0.05) is 25.5 Å². The van der Waals surface area contributed by atoms with Crippen molar-refractivity contribution in [1.29, 1.82) is 0 Å². The summed E-state index contributed by atoms with van der Waals surface area (Å²) in [5.74, 6) is 0. The largest absolute Gasteiger partial charge is 0.326 e. The summed E-state index contributed by atoms with van der Waals surface area (Å²) in [6.45, 7) is 4.09. The Kier molecular flexibility index (Phi) is 3.11. The molecule has 2 heterocycles. The molecule has 76 valence electrons. The van der Waals surface area contributed by atoms with Gasteiger partial charge in [0.2, 0.25) is 0 Å². The van der Waals surface area contributed by atoms with Gasteiger partial charge in [-0.15, -0.1) is 0 Å². The predicted molar refractivity (Wildman–Crippen MR) is 56.6 cm³/mol. The molecule has 0 aliphatic carbocycles. The van der Waals surface area contributed by atoms with E-state index in [9.17, 15) is 0 Å². The van der Waals surface area contributed by atoms with Crippen molar-refractivity contribution in [3.63, 3.8) is 0 Å². The fraction of sp³-hybridized carbons (Fsp3) is 0.545. The van der Waals surface area contributed by atoms with Crippen LogP contribution in [0.25, 0.3) is 0 Å². The van der Waals surface area contributed by atoms with E-state index in [0.717, 1.165) is 6.54 Å². The Balaban J connectivity index is 2.07. The highest BCUT2D eigenvalue weighted by Gasteiger charge is 2.12. The molecule has 14 heavy (non-hydrogen) atoms. The van der Waals surface area contributed by atoms with Gasteiger partial charge in [-0.1, -0.05) is 0 Å². The second kappa shape index (κ2) is 4.53. The SMILES string of the molecule is NCc1cnccc1CN1CCCC1. The molecular weight excluding hydrogens is 174 g/mol. The second-order valence-electron chi connectivity index (χ2n) is 3.83. The Bertz CT molecular complexity index is 292. The zero-order valence-electron chi connectivity index (χ0n) is 8.45. The summed E-state index contributed by atoms with van der Waals surface area (Å²) in [5, 5.41) is 0. The average Bonchev–Trinajstić information content (AvgIpc) is 2.71. The van der Waals surface area contributed by atoms with Gasteiger partial charge >= 0.3 is 0 Å². The standard InChI is InChI=1S/C11H17N3/c12-7-11-8-13-4-3-10(11)9-14-5-1-2-6-14/h3-4,8H,1-2,5-7,9,12H2. The molecule has 2 N–H and O–H groups in total. The predicted octanol–water partition coefficient (Wildman–Crippen LogP) is 1.14. The first kappa shape index (κ1) is 9.62. The Labute approximate surface area is 84.9 Å². The highest BCUT2D eigenvalue weighted by atomic mass is 15.1. The molecule has 1 fully saturated rings. The first-order chi connectivity index (χ1) is 6.90. The molecule has 1 saturated heterocycles. The van der Waals surface area contributed by atoms with Crippen molar-refractivity contribution in [1.82, 2.24) is 9.88 Å². The molecule has 0 bridgehead atoms. The van der Waals surface area contributed by atoms with Gasteiger partial charge in [0.25, 0.3) is 0 Å². The zero-order chi connectivity index (χ0) is 9.80. The molecule has 0 atom stereocenters. The van der Waals surface area contributed by atoms with Gasteiger partial charge < -0.3 is 5.73 Å². The lowest BCUT2D eigenvalue weighted by Gasteiger charge is -2.16. The number of hydrogen-bond donors (Lipinski definition) is 1. The quantitative estimate of drug-likeness (QED) is 0.779. The van der Waals surface area contributed by atoms with Crippen molar-refractivity contribution in [3.05, 3.63) is 29.6 Å². The van der Waals surface area contributed by atoms with Crippen molar-refractivity contribution in [2.75, 3.05) is 13.1 Å². The van der Waals surface area contributed by atoms with Crippen LogP contribution in [0.3, 0.4) is 0 Å². The maximum Gasteiger partial charge on any atom is 0.0316 e. The fourth-order valence-corrected chi connectivity index (χ4v) is 1.98. The third kappa shape index (κ3) is 2.11. The van der Waals surface area contributed by atoms with Gasteiger partial charge in [-0.25, -0.2) is 0 Å². The summed E-state index contributed by atoms with van der Waals surface area (Å²) in [6, 6.07) is 2.08. The van der Waals surface area contributed by atoms with Gasteiger partial charge in [-0.3, -0.25) is 9.88 Å². The van der Waals surface area contributed by atoms with E-state index in [2.05, 4.69) is 16.0 Å². The minimum atomic E-state index is 0.594. The second-order valence-corrected chi connectivity index (χ2v) is 3.83. The van der Waals surface area contributed by atoms with Crippen molar-refractivity contribution in [3.8, 4) is 0 Å². The van der Waals surface area contributed by atoms with E-state index >= 15 is 0 Å². The van der Waals surface area contributed by atoms with Crippen LogP contribution < -0.4 is 5.73 Å². The van der Waals surface area contributed by atoms with E-state index in [0.29, 0.717) is 6.54 Å². The third-order valence-electron chi connectivity index (χ3n) is 2.82. The lowest BCUT2D eigenvalue weighted by atomic mass is 10.1. The van der Waals surface area contributed by atoms with Crippen molar-refractivity contribution >= 4 is 0 Å². The van der Waals surface area contributed by atoms with Gasteiger partial charge in [0.05, 0.1) is 0 Å². The first-order valence-electron chi connectivity index (χ1n) is 5.24. The van der Waals surface area contributed by atoms with Crippen LogP contribution in [-0.2, 0) is 13.1 Å². The normalized spacial score (nSPS) is 17.5. The number of nitrogens with zero attached hydrogens (tertiary/aromatic N) is 2. The number of rotatable bonds is 3. The minimum absolute atomic E-state index is 0.594. The van der Waals surface area contributed by atoms with Gasteiger partial charge in [0.1, 0.15) is 0 Å². The molecule has 1 aromatic heterocycles. The van der Waals surface area contributed by atoms with Crippen LogP contribution in [0, 0.1) is 0 Å². The van der Waals surface area contributed by atoms with E-state index < -0.39 is 0 Å². The molecule has 3 nitrogen and oxygen atoms in total. The van der Waals surface area contributed by atoms with Crippen LogP contribution in [0.2, 0.25) is 0 Å². The molecule has 1 aliphatic rings. The topological polar surface area (TPSA) is 42.1 Å². The highest BCUT2D eigenvalue weighted by molar-refractivity contribution is 5.22. The average molecular weight is 191 g/mol. The molecule has 0 amide bonds. The molecule has 0 unspecified atom stereocenters. The van der Waals surface area contributed by atoms with E-state index in [1.807, 2.05) is 12.4 Å².